The summed E-state index contributed by atoms with van der Waals surface area (Å²) in [6.07, 6.45) is 12.7. The standard InChI is InChI=1S/C13H9.C9H11.CH4.2CH3.2ClH.Zr/c1-3-7-12-10(5-1)9-11-6-2-4-8-13(11)12;1-2-3-6-9-7-4-5-8-9;;;;;;/h1-9H;2,4,7H,1,3,5-6H2;1H4;2*1H3;2*1H;/q2*-1;;2*-1;;;+2/p-2. The third-order valence-corrected chi connectivity index (χ3v) is 3.91. The second kappa shape index (κ2) is 18.0. The molecule has 0 spiro atoms. The van der Waals surface area contributed by atoms with E-state index in [9.17, 15) is 0 Å². The first-order valence-corrected chi connectivity index (χ1v) is 7.79. The van der Waals surface area contributed by atoms with E-state index < -0.39 is 0 Å². The van der Waals surface area contributed by atoms with Crippen molar-refractivity contribution in [1.29, 1.82) is 0 Å². The average Bonchev–Trinajstić information content (AvgIpc) is 3.21. The second-order valence-electron chi connectivity index (χ2n) is 5.45. The van der Waals surface area contributed by atoms with Gasteiger partial charge in [0.2, 0.25) is 0 Å². The zero-order valence-corrected chi connectivity index (χ0v) is 20.0. The minimum Gasteiger partial charge on any atom is -1.00 e. The van der Waals surface area contributed by atoms with Crippen molar-refractivity contribution < 1.29 is 51.0 Å². The van der Waals surface area contributed by atoms with Gasteiger partial charge in [-0.05, 0) is 6.42 Å². The zero-order chi connectivity index (χ0) is 15.2. The Morgan fingerprint density at radius 3 is 1.86 bits per heavy atom. The molecule has 28 heavy (non-hydrogen) atoms. The van der Waals surface area contributed by atoms with Crippen molar-refractivity contribution >= 4 is 21.5 Å². The molecule has 0 radical (unpaired) electrons. The van der Waals surface area contributed by atoms with Crippen LogP contribution in [0, 0.1) is 20.9 Å². The van der Waals surface area contributed by atoms with Gasteiger partial charge in [-0.2, -0.15) is 6.08 Å². The van der Waals surface area contributed by atoms with Gasteiger partial charge >= 0.3 is 26.2 Å². The first-order chi connectivity index (χ1) is 10.9. The van der Waals surface area contributed by atoms with Gasteiger partial charge in [0.15, 0.2) is 0 Å². The van der Waals surface area contributed by atoms with Gasteiger partial charge in [-0.15, -0.1) is 52.7 Å². The van der Waals surface area contributed by atoms with Crippen molar-refractivity contribution in [1.82, 2.24) is 0 Å². The van der Waals surface area contributed by atoms with Gasteiger partial charge in [0, 0.05) is 0 Å². The van der Waals surface area contributed by atoms with Gasteiger partial charge in [-0.25, -0.2) is 11.6 Å². The van der Waals surface area contributed by atoms with Gasteiger partial charge < -0.3 is 39.7 Å². The molecule has 3 aromatic rings. The van der Waals surface area contributed by atoms with Gasteiger partial charge in [0.25, 0.3) is 0 Å². The number of allylic oxidation sites excluding steroid dienone is 5. The van der Waals surface area contributed by atoms with E-state index in [0.29, 0.717) is 0 Å². The SMILES string of the molecule is C.C=CCCC1=[C-]CC=C1.[CH3-].[CH3-].[Cl-].[Cl-].[Zr+2].c1ccc2c(c1)[cH-]c1ccccc12. The Bertz CT molecular complexity index is 794. The van der Waals surface area contributed by atoms with Crippen molar-refractivity contribution in [2.45, 2.75) is 26.7 Å². The van der Waals surface area contributed by atoms with Crippen LogP contribution < -0.4 is 24.8 Å². The molecule has 0 fully saturated rings. The minimum atomic E-state index is 0. The van der Waals surface area contributed by atoms with Crippen molar-refractivity contribution in [2.75, 3.05) is 0 Å². The summed E-state index contributed by atoms with van der Waals surface area (Å²) >= 11 is 0. The largest absolute Gasteiger partial charge is 2.00 e. The Balaban J connectivity index is -0.000000177. The number of hydrogen-bond acceptors (Lipinski definition) is 0. The molecule has 1 aliphatic carbocycles. The third kappa shape index (κ3) is 9.00. The fourth-order valence-corrected chi connectivity index (χ4v) is 2.78. The van der Waals surface area contributed by atoms with Crippen molar-refractivity contribution in [3.8, 4) is 0 Å². The summed E-state index contributed by atoms with van der Waals surface area (Å²) in [5.41, 5.74) is 1.34. The molecule has 0 amide bonds. The van der Waals surface area contributed by atoms with Crippen LogP contribution >= 0.6 is 0 Å². The molecule has 0 aliphatic heterocycles. The summed E-state index contributed by atoms with van der Waals surface area (Å²) in [6, 6.07) is 19.3. The smallest absolute Gasteiger partial charge is 1.00 e. The molecule has 3 aromatic carbocycles. The van der Waals surface area contributed by atoms with E-state index in [1.807, 2.05) is 6.08 Å². The molecule has 0 saturated heterocycles. The van der Waals surface area contributed by atoms with E-state index in [2.05, 4.69) is 79.4 Å². The summed E-state index contributed by atoms with van der Waals surface area (Å²) in [4.78, 5) is 0. The third-order valence-electron chi connectivity index (χ3n) is 3.91. The molecular formula is C25H30Cl2Zr-4. The molecule has 0 saturated carbocycles. The van der Waals surface area contributed by atoms with Crippen LogP contribution in [0.5, 0.6) is 0 Å². The molecule has 152 valence electrons. The van der Waals surface area contributed by atoms with Crippen LogP contribution in [-0.4, -0.2) is 0 Å². The predicted octanol–water partition coefficient (Wildman–Crippen LogP) is 1.90. The maximum atomic E-state index is 3.66. The first kappa shape index (κ1) is 34.5. The topological polar surface area (TPSA) is 0 Å². The zero-order valence-electron chi connectivity index (χ0n) is 16.0. The first-order valence-electron chi connectivity index (χ1n) is 7.79. The van der Waals surface area contributed by atoms with E-state index in [1.54, 1.807) is 0 Å². The Morgan fingerprint density at radius 2 is 1.43 bits per heavy atom. The molecule has 0 nitrogen and oxygen atoms in total. The Labute approximate surface area is 204 Å². The molecule has 0 aromatic heterocycles. The minimum absolute atomic E-state index is 0. The quantitative estimate of drug-likeness (QED) is 0.387. The summed E-state index contributed by atoms with van der Waals surface area (Å²) in [6.45, 7) is 3.66. The maximum absolute atomic E-state index is 3.66. The average molecular weight is 493 g/mol. The fraction of sp³-hybridized carbons (Fsp3) is 0.160. The van der Waals surface area contributed by atoms with Gasteiger partial charge in [-0.3, -0.25) is 6.08 Å². The molecule has 1 aliphatic rings. The van der Waals surface area contributed by atoms with Crippen LogP contribution in [0.25, 0.3) is 21.5 Å². The number of rotatable bonds is 3. The molecule has 0 unspecified atom stereocenters. The van der Waals surface area contributed by atoms with Crippen molar-refractivity contribution in [3.05, 3.63) is 106 Å². The molecule has 0 N–H and O–H groups in total. The summed E-state index contributed by atoms with van der Waals surface area (Å²) < 4.78 is 0. The Morgan fingerprint density at radius 1 is 0.929 bits per heavy atom. The monoisotopic (exact) mass is 490 g/mol. The summed E-state index contributed by atoms with van der Waals surface area (Å²) in [5.74, 6) is 0. The van der Waals surface area contributed by atoms with Crippen LogP contribution in [0.2, 0.25) is 0 Å². The molecule has 0 bridgehead atoms. The van der Waals surface area contributed by atoms with Crippen molar-refractivity contribution in [3.63, 3.8) is 0 Å². The Kier molecular flexibility index (Phi) is 22.2. The maximum Gasteiger partial charge on any atom is 2.00 e. The van der Waals surface area contributed by atoms with E-state index in [1.165, 1.54) is 27.1 Å². The van der Waals surface area contributed by atoms with E-state index in [0.717, 1.165) is 19.3 Å². The number of hydrogen-bond donors (Lipinski definition) is 0. The van der Waals surface area contributed by atoms with E-state index in [-0.39, 0.29) is 73.3 Å². The van der Waals surface area contributed by atoms with Crippen LogP contribution in [-0.2, 0) is 26.2 Å². The normalized spacial score (nSPS) is 10.2. The van der Waals surface area contributed by atoms with Gasteiger partial charge in [0.1, 0.15) is 0 Å². The van der Waals surface area contributed by atoms with Gasteiger partial charge in [0.05, 0.1) is 0 Å². The van der Waals surface area contributed by atoms with Crippen LogP contribution in [0.15, 0.2) is 85.0 Å². The predicted molar refractivity (Wildman–Crippen MR) is 117 cm³/mol. The summed E-state index contributed by atoms with van der Waals surface area (Å²) in [7, 11) is 0. The second-order valence-corrected chi connectivity index (χ2v) is 5.45. The molecular weight excluding hydrogens is 462 g/mol. The molecule has 3 heteroatoms. The van der Waals surface area contributed by atoms with Crippen LogP contribution in [0.1, 0.15) is 26.7 Å². The van der Waals surface area contributed by atoms with E-state index >= 15 is 0 Å². The number of fused-ring (bicyclic) bond motifs is 3. The van der Waals surface area contributed by atoms with Crippen molar-refractivity contribution in [2.24, 2.45) is 0 Å². The van der Waals surface area contributed by atoms with Gasteiger partial charge in [-0.1, -0.05) is 56.3 Å². The molecule has 0 atom stereocenters. The number of halogens is 2. The number of benzene rings is 2. The van der Waals surface area contributed by atoms with Crippen LogP contribution in [0.3, 0.4) is 0 Å². The fourth-order valence-electron chi connectivity index (χ4n) is 2.78. The van der Waals surface area contributed by atoms with E-state index in [4.69, 9.17) is 0 Å². The molecule has 4 rings (SSSR count). The van der Waals surface area contributed by atoms with Crippen LogP contribution in [0.4, 0.5) is 0 Å². The summed E-state index contributed by atoms with van der Waals surface area (Å²) in [5, 5.41) is 5.39. The molecule has 0 heterocycles. The Hall–Kier alpha value is -1.01.